The number of ether oxygens (including phenoxy) is 2. The average Bonchev–Trinajstić information content (AvgIpc) is 3.97. The second kappa shape index (κ2) is 20.4. The average molecular weight is 769 g/mol. The first kappa shape index (κ1) is 43.3. The van der Waals surface area contributed by atoms with Crippen LogP contribution in [0.4, 0.5) is 30.4 Å². The molecule has 3 amide bonds. The number of halogens is 3. The number of rotatable bonds is 14. The molecule has 0 aliphatic heterocycles. The number of alkyl halides is 3. The van der Waals surface area contributed by atoms with Crippen LogP contribution in [0.2, 0.25) is 0 Å². The van der Waals surface area contributed by atoms with Gasteiger partial charge in [-0.05, 0) is 105 Å². The van der Waals surface area contributed by atoms with Gasteiger partial charge in [-0.1, -0.05) is 25.1 Å². The van der Waals surface area contributed by atoms with Crippen LogP contribution in [0.25, 0.3) is 10.8 Å². The number of aliphatic carboxylic acids is 1. The lowest BCUT2D eigenvalue weighted by molar-refractivity contribution is -0.192. The van der Waals surface area contributed by atoms with Crippen molar-refractivity contribution in [3.8, 4) is 11.5 Å². The van der Waals surface area contributed by atoms with Gasteiger partial charge in [0.2, 0.25) is 17.7 Å². The summed E-state index contributed by atoms with van der Waals surface area (Å²) >= 11 is 0. The number of benzene rings is 3. The zero-order chi connectivity index (χ0) is 40.7. The van der Waals surface area contributed by atoms with Gasteiger partial charge in [0.15, 0.2) is 11.5 Å². The number of carbonyl (C=O) groups is 4. The molecule has 0 bridgehead atoms. The first-order valence-corrected chi connectivity index (χ1v) is 17.6. The number of primary amides is 1. The Balaban J connectivity index is 0.000000537. The van der Waals surface area contributed by atoms with Gasteiger partial charge in [-0.25, -0.2) is 9.78 Å². The van der Waals surface area contributed by atoms with E-state index in [1.807, 2.05) is 94.4 Å². The highest BCUT2D eigenvalue weighted by molar-refractivity contribution is 5.95. The van der Waals surface area contributed by atoms with E-state index in [1.54, 1.807) is 6.20 Å². The van der Waals surface area contributed by atoms with Crippen molar-refractivity contribution in [1.82, 2.24) is 10.3 Å². The molecule has 55 heavy (non-hydrogen) atoms. The number of fused-ring (bicyclic) bond motifs is 1. The topological polar surface area (TPSA) is 208 Å². The highest BCUT2D eigenvalue weighted by atomic mass is 19.4. The van der Waals surface area contributed by atoms with E-state index in [0.29, 0.717) is 35.9 Å². The van der Waals surface area contributed by atoms with Gasteiger partial charge in [-0.15, -0.1) is 0 Å². The van der Waals surface area contributed by atoms with E-state index in [0.717, 1.165) is 47.0 Å². The highest BCUT2D eigenvalue weighted by Gasteiger charge is 2.38. The molecule has 0 spiro atoms. The van der Waals surface area contributed by atoms with E-state index in [1.165, 1.54) is 0 Å². The van der Waals surface area contributed by atoms with Crippen molar-refractivity contribution in [3.63, 3.8) is 0 Å². The van der Waals surface area contributed by atoms with Crippen LogP contribution in [0.5, 0.6) is 11.5 Å². The number of carboxylic acids is 1. The van der Waals surface area contributed by atoms with Gasteiger partial charge in [0.05, 0.1) is 12.7 Å². The Labute approximate surface area is 317 Å². The summed E-state index contributed by atoms with van der Waals surface area (Å²) in [6.45, 7) is 8.48. The molecule has 0 saturated heterocycles. The number of carbonyl (C=O) groups excluding carboxylic acids is 3. The molecule has 1 aliphatic carbocycles. The molecular weight excluding hydrogens is 721 g/mol. The number of anilines is 3. The molecule has 1 fully saturated rings. The molecule has 4 aromatic rings. The van der Waals surface area contributed by atoms with Gasteiger partial charge in [0.25, 0.3) is 0 Å². The van der Waals surface area contributed by atoms with E-state index in [-0.39, 0.29) is 36.3 Å². The normalized spacial score (nSPS) is 12.6. The van der Waals surface area contributed by atoms with E-state index in [9.17, 15) is 27.6 Å². The summed E-state index contributed by atoms with van der Waals surface area (Å²) in [5.41, 5.74) is 13.9. The first-order valence-electron chi connectivity index (χ1n) is 17.6. The molecule has 0 radical (unpaired) electrons. The second-order valence-corrected chi connectivity index (χ2v) is 12.7. The molecule has 5 rings (SSSR count). The van der Waals surface area contributed by atoms with Crippen LogP contribution in [-0.4, -0.2) is 52.7 Å². The van der Waals surface area contributed by atoms with E-state index in [2.05, 4.69) is 20.9 Å². The monoisotopic (exact) mass is 768 g/mol. The molecule has 3 aromatic carbocycles. The van der Waals surface area contributed by atoms with Gasteiger partial charge < -0.3 is 42.0 Å². The maximum Gasteiger partial charge on any atom is 0.490 e. The Morgan fingerprint density at radius 2 is 1.67 bits per heavy atom. The largest absolute Gasteiger partial charge is 0.490 e. The maximum atomic E-state index is 13.8. The Hall–Kier alpha value is -6.06. The molecule has 1 atom stereocenters. The third-order valence-electron chi connectivity index (χ3n) is 7.68. The predicted octanol–water partition coefficient (Wildman–Crippen LogP) is 6.73. The molecule has 1 aromatic heterocycles. The van der Waals surface area contributed by atoms with E-state index in [4.69, 9.17) is 30.8 Å². The molecule has 13 nitrogen and oxygen atoms in total. The van der Waals surface area contributed by atoms with Crippen LogP contribution in [0, 0.1) is 5.92 Å². The lowest BCUT2D eigenvalue weighted by atomic mass is 10.0. The summed E-state index contributed by atoms with van der Waals surface area (Å²) in [4.78, 5) is 48.9. The van der Waals surface area contributed by atoms with Gasteiger partial charge in [-0.3, -0.25) is 14.4 Å². The molecule has 1 saturated carbocycles. The summed E-state index contributed by atoms with van der Waals surface area (Å²) in [6.07, 6.45) is -0.207. The minimum Gasteiger partial charge on any atom is -0.490 e. The number of aromatic nitrogens is 1. The number of hydrogen-bond acceptors (Lipinski definition) is 9. The van der Waals surface area contributed by atoms with Gasteiger partial charge in [0, 0.05) is 41.8 Å². The Morgan fingerprint density at radius 3 is 2.25 bits per heavy atom. The summed E-state index contributed by atoms with van der Waals surface area (Å²) in [6, 6.07) is 19.9. The quantitative estimate of drug-likeness (QED) is 0.0798. The van der Waals surface area contributed by atoms with Crippen LogP contribution in [-0.2, 0) is 25.7 Å². The van der Waals surface area contributed by atoms with Gasteiger partial charge in [0.1, 0.15) is 11.9 Å². The molecular formula is C39H47F3N6O7. The van der Waals surface area contributed by atoms with Crippen molar-refractivity contribution >= 4 is 51.7 Å². The molecule has 1 aliphatic rings. The van der Waals surface area contributed by atoms with Crippen molar-refractivity contribution in [1.29, 1.82) is 0 Å². The lowest BCUT2D eigenvalue weighted by Gasteiger charge is -2.22. The van der Waals surface area contributed by atoms with Crippen LogP contribution >= 0.6 is 0 Å². The number of nitrogens with one attached hydrogen (secondary N) is 3. The third-order valence-corrected chi connectivity index (χ3v) is 7.68. The lowest BCUT2D eigenvalue weighted by Crippen LogP contribution is -2.33. The van der Waals surface area contributed by atoms with Crippen molar-refractivity contribution in [2.45, 2.75) is 78.2 Å². The number of amides is 3. The van der Waals surface area contributed by atoms with E-state index < -0.39 is 18.2 Å². The van der Waals surface area contributed by atoms with Crippen LogP contribution in [0.1, 0.15) is 70.5 Å². The number of nitrogens with zero attached hydrogens (tertiary/aromatic N) is 1. The summed E-state index contributed by atoms with van der Waals surface area (Å²) in [7, 11) is 0. The van der Waals surface area contributed by atoms with Gasteiger partial charge in [-0.2, -0.15) is 13.2 Å². The van der Waals surface area contributed by atoms with Crippen molar-refractivity contribution < 1.29 is 46.9 Å². The van der Waals surface area contributed by atoms with Crippen molar-refractivity contribution in [3.05, 3.63) is 84.1 Å². The van der Waals surface area contributed by atoms with Crippen LogP contribution < -0.4 is 36.9 Å². The Morgan fingerprint density at radius 1 is 0.964 bits per heavy atom. The van der Waals surface area contributed by atoms with Crippen LogP contribution in [0.3, 0.4) is 0 Å². The minimum absolute atomic E-state index is 0.0309. The zero-order valence-electron chi connectivity index (χ0n) is 31.0. The minimum atomic E-state index is -5.08. The van der Waals surface area contributed by atoms with Crippen molar-refractivity contribution in [2.24, 2.45) is 11.7 Å². The number of carboxylic acid groups (broad SMARTS) is 1. The maximum absolute atomic E-state index is 13.8. The van der Waals surface area contributed by atoms with E-state index >= 15 is 0 Å². The van der Waals surface area contributed by atoms with Crippen molar-refractivity contribution in [2.75, 3.05) is 23.0 Å². The Kier molecular flexibility index (Phi) is 16.1. The number of hydrogen-bond donors (Lipinski definition) is 6. The number of pyridine rings is 1. The first-order chi connectivity index (χ1) is 26.0. The fraction of sp³-hybridized carbons (Fsp3) is 0.359. The fourth-order valence-corrected chi connectivity index (χ4v) is 4.97. The predicted molar refractivity (Wildman–Crippen MR) is 203 cm³/mol. The Bertz CT molecular complexity index is 1940. The number of nitrogen functional groups attached to an aromatic ring is 1. The summed E-state index contributed by atoms with van der Waals surface area (Å²) < 4.78 is 43.6. The second-order valence-electron chi connectivity index (χ2n) is 12.7. The molecule has 1 unspecified atom stereocenters. The van der Waals surface area contributed by atoms with Crippen LogP contribution in [0.15, 0.2) is 72.9 Å². The molecule has 16 heteroatoms. The smallest absolute Gasteiger partial charge is 0.490 e. The van der Waals surface area contributed by atoms with Gasteiger partial charge >= 0.3 is 12.1 Å². The molecule has 8 N–H and O–H groups in total. The number of nitrogens with two attached hydrogens (primary N) is 2. The third kappa shape index (κ3) is 14.4. The standard InChI is InChI=1S/C33H37N5O4.C4H9NO.C2HF3O2/c1-4-41-29-18-24(10-13-28(29)42-20(2)3)30(37-26-11-12-27-23(17-26)14-15-35-31(27)34)33(40)36-19-21-6-5-7-25(16-21)38-32(39)22-8-9-22;1-2-3-4(5)6;3-2(4,5)1(6)7/h5-7,10-18,20,22,30,37H,4,8-9,19H2,1-3H3,(H2,34,35)(H,36,40)(H,38,39);2-3H2,1H3,(H2,5,6);(H,6,7). The zero-order valence-corrected chi connectivity index (χ0v) is 31.0. The highest BCUT2D eigenvalue weighted by Crippen LogP contribution is 2.34. The molecule has 296 valence electrons. The summed E-state index contributed by atoms with van der Waals surface area (Å²) in [5.74, 6) is -1.40. The summed E-state index contributed by atoms with van der Waals surface area (Å²) in [5, 5.41) is 18.3. The fourth-order valence-electron chi connectivity index (χ4n) is 4.97. The SMILES string of the molecule is CCCC(N)=O.CCOc1cc(C(Nc2ccc3c(N)nccc3c2)C(=O)NCc2cccc(NC(=O)C3CC3)c2)ccc1OC(C)C.O=C(O)C(F)(F)F. The molecule has 1 heterocycles.